The molecule has 8 heavy (non-hydrogen) atoms. The molecule has 1 rings (SSSR count). The maximum absolute atomic E-state index is 5.38. The van der Waals surface area contributed by atoms with Crippen LogP contribution in [0.3, 0.4) is 0 Å². The Morgan fingerprint density at radius 3 is 2.62 bits per heavy atom. The predicted octanol–water partition coefficient (Wildman–Crippen LogP) is 1.21. The number of aromatic nitrogens is 3. The Kier molecular flexibility index (Phi) is 1.65. The molecule has 0 saturated carbocycles. The number of nitrogens with one attached hydrogen (secondary N) is 2. The van der Waals surface area contributed by atoms with Crippen molar-refractivity contribution in [3.8, 4) is 0 Å². The number of hydrogen-bond acceptors (Lipinski definition) is 2. The molecule has 0 radical (unpaired) electrons. The summed E-state index contributed by atoms with van der Waals surface area (Å²) in [6.45, 7) is 0. The Morgan fingerprint density at radius 2 is 2.38 bits per heavy atom. The molecule has 0 unspecified atom stereocenters. The second kappa shape index (κ2) is 2.28. The van der Waals surface area contributed by atoms with Crippen LogP contribution in [0.1, 0.15) is 5.82 Å². The minimum absolute atomic E-state index is 0.368. The van der Waals surface area contributed by atoms with Gasteiger partial charge in [0.2, 0.25) is 4.77 Å². The van der Waals surface area contributed by atoms with Crippen molar-refractivity contribution in [2.24, 2.45) is 0 Å². The maximum Gasteiger partial charge on any atom is 0.213 e. The van der Waals surface area contributed by atoms with E-state index in [-0.39, 0.29) is 0 Å². The Bertz CT molecular complexity index is 214. The fourth-order valence-electron chi connectivity index (χ4n) is 0.367. The molecule has 44 valence electrons. The van der Waals surface area contributed by atoms with Gasteiger partial charge in [0.15, 0.2) is 0 Å². The number of aromatic amines is 2. The zero-order valence-electron chi connectivity index (χ0n) is 3.94. The van der Waals surface area contributed by atoms with E-state index in [1.807, 2.05) is 0 Å². The molecule has 0 atom stereocenters. The summed E-state index contributed by atoms with van der Waals surface area (Å²) in [6, 6.07) is 0. The number of H-pyrrole nitrogens is 2. The third-order valence-electron chi connectivity index (χ3n) is 0.677. The Labute approximate surface area is 56.1 Å². The first-order valence-corrected chi connectivity index (χ1v) is 2.96. The van der Waals surface area contributed by atoms with Gasteiger partial charge in [-0.3, -0.25) is 10.2 Å². The monoisotopic (exact) mass is 149 g/mol. The van der Waals surface area contributed by atoms with Crippen molar-refractivity contribution in [2.45, 2.75) is 5.88 Å². The second-order valence-electron chi connectivity index (χ2n) is 1.25. The van der Waals surface area contributed by atoms with Crippen LogP contribution >= 0.6 is 23.8 Å². The molecule has 0 aliphatic heterocycles. The number of rotatable bonds is 1. The first-order valence-electron chi connectivity index (χ1n) is 2.02. The largest absolute Gasteiger partial charge is 0.285 e. The van der Waals surface area contributed by atoms with Crippen molar-refractivity contribution < 1.29 is 0 Å². The zero-order valence-corrected chi connectivity index (χ0v) is 5.51. The van der Waals surface area contributed by atoms with Crippen LogP contribution in [0, 0.1) is 4.77 Å². The van der Waals surface area contributed by atoms with Gasteiger partial charge in [0.05, 0.1) is 5.88 Å². The van der Waals surface area contributed by atoms with E-state index in [9.17, 15) is 0 Å². The van der Waals surface area contributed by atoms with E-state index in [0.29, 0.717) is 16.5 Å². The summed E-state index contributed by atoms with van der Waals surface area (Å²) >= 11 is 10.0. The van der Waals surface area contributed by atoms with Gasteiger partial charge >= 0.3 is 0 Å². The van der Waals surface area contributed by atoms with E-state index < -0.39 is 0 Å². The molecule has 5 heteroatoms. The quantitative estimate of drug-likeness (QED) is 0.466. The number of nitrogens with zero attached hydrogens (tertiary/aromatic N) is 1. The Hall–Kier alpha value is -0.350. The van der Waals surface area contributed by atoms with E-state index in [4.69, 9.17) is 11.6 Å². The highest BCUT2D eigenvalue weighted by atomic mass is 35.5. The molecule has 1 aromatic rings. The summed E-state index contributed by atoms with van der Waals surface area (Å²) in [6.07, 6.45) is 0. The smallest absolute Gasteiger partial charge is 0.213 e. The van der Waals surface area contributed by atoms with Crippen LogP contribution < -0.4 is 0 Å². The molecule has 0 amide bonds. The highest BCUT2D eigenvalue weighted by Gasteiger charge is 1.88. The van der Waals surface area contributed by atoms with Crippen LogP contribution in [0.25, 0.3) is 0 Å². The molecule has 3 nitrogen and oxygen atoms in total. The molecule has 0 aromatic carbocycles. The molecule has 0 saturated heterocycles. The summed E-state index contributed by atoms with van der Waals surface area (Å²) < 4.78 is 0.445. The molecule has 2 N–H and O–H groups in total. The SMILES string of the molecule is S=c1nc(CCl)[nH][nH]1. The van der Waals surface area contributed by atoms with Gasteiger partial charge in [-0.2, -0.15) is 0 Å². The van der Waals surface area contributed by atoms with Crippen LogP contribution in [-0.4, -0.2) is 15.2 Å². The lowest BCUT2D eigenvalue weighted by Gasteiger charge is -1.76. The van der Waals surface area contributed by atoms with Crippen molar-refractivity contribution >= 4 is 23.8 Å². The van der Waals surface area contributed by atoms with E-state index in [1.54, 1.807) is 0 Å². The highest BCUT2D eigenvalue weighted by Crippen LogP contribution is 1.91. The predicted molar refractivity (Wildman–Crippen MR) is 33.3 cm³/mol. The van der Waals surface area contributed by atoms with E-state index in [0.717, 1.165) is 0 Å². The first kappa shape index (κ1) is 5.78. The molecular weight excluding hydrogens is 146 g/mol. The van der Waals surface area contributed by atoms with Gasteiger partial charge in [0.1, 0.15) is 5.82 Å². The summed E-state index contributed by atoms with van der Waals surface area (Å²) in [5.41, 5.74) is 0. The average Bonchev–Trinajstić information content (AvgIpc) is 2.14. The number of halogens is 1. The highest BCUT2D eigenvalue weighted by molar-refractivity contribution is 7.71. The van der Waals surface area contributed by atoms with E-state index in [2.05, 4.69) is 27.4 Å². The molecule has 0 spiro atoms. The minimum atomic E-state index is 0.368. The van der Waals surface area contributed by atoms with Crippen molar-refractivity contribution in [3.63, 3.8) is 0 Å². The minimum Gasteiger partial charge on any atom is -0.285 e. The van der Waals surface area contributed by atoms with Crippen LogP contribution in [0.2, 0.25) is 0 Å². The Balaban J connectivity index is 3.01. The maximum atomic E-state index is 5.38. The molecule has 0 fully saturated rings. The molecule has 1 aromatic heterocycles. The van der Waals surface area contributed by atoms with Crippen LogP contribution in [0.4, 0.5) is 0 Å². The third kappa shape index (κ3) is 1.08. The zero-order chi connectivity index (χ0) is 5.98. The van der Waals surface area contributed by atoms with Crippen LogP contribution in [0.15, 0.2) is 0 Å². The van der Waals surface area contributed by atoms with Crippen molar-refractivity contribution in [1.29, 1.82) is 0 Å². The number of hydrogen-bond donors (Lipinski definition) is 2. The normalized spacial score (nSPS) is 9.62. The van der Waals surface area contributed by atoms with Gasteiger partial charge in [0, 0.05) is 0 Å². The average molecular weight is 150 g/mol. The van der Waals surface area contributed by atoms with Gasteiger partial charge in [0.25, 0.3) is 0 Å². The summed E-state index contributed by atoms with van der Waals surface area (Å²) in [5.74, 6) is 1.05. The van der Waals surface area contributed by atoms with E-state index in [1.165, 1.54) is 0 Å². The fraction of sp³-hybridized carbons (Fsp3) is 0.333. The third-order valence-corrected chi connectivity index (χ3v) is 1.12. The van der Waals surface area contributed by atoms with Gasteiger partial charge < -0.3 is 0 Å². The standard InChI is InChI=1S/C3H4ClN3S/c4-1-2-5-3(8)7-6-2/h1H2,(H2,5,6,7,8). The fourth-order valence-corrected chi connectivity index (χ4v) is 0.655. The van der Waals surface area contributed by atoms with E-state index >= 15 is 0 Å². The van der Waals surface area contributed by atoms with Gasteiger partial charge in [-0.1, -0.05) is 0 Å². The van der Waals surface area contributed by atoms with Crippen molar-refractivity contribution in [3.05, 3.63) is 10.6 Å². The topological polar surface area (TPSA) is 44.5 Å². The van der Waals surface area contributed by atoms with Crippen LogP contribution in [-0.2, 0) is 5.88 Å². The molecule has 0 aliphatic rings. The van der Waals surface area contributed by atoms with Crippen LogP contribution in [0.5, 0.6) is 0 Å². The first-order chi connectivity index (χ1) is 3.83. The molecule has 1 heterocycles. The lowest BCUT2D eigenvalue weighted by Crippen LogP contribution is -1.77. The van der Waals surface area contributed by atoms with Gasteiger partial charge in [-0.05, 0) is 12.2 Å². The molecule has 0 aliphatic carbocycles. The van der Waals surface area contributed by atoms with Crippen molar-refractivity contribution in [1.82, 2.24) is 15.2 Å². The van der Waals surface area contributed by atoms with Gasteiger partial charge in [-0.25, -0.2) is 4.98 Å². The summed E-state index contributed by atoms with van der Waals surface area (Å²) in [4.78, 5) is 3.80. The Morgan fingerprint density at radius 1 is 1.62 bits per heavy atom. The molecule has 0 bridgehead atoms. The lowest BCUT2D eigenvalue weighted by molar-refractivity contribution is 1.02. The molecular formula is C3H4ClN3S. The number of alkyl halides is 1. The van der Waals surface area contributed by atoms with Crippen molar-refractivity contribution in [2.75, 3.05) is 0 Å². The second-order valence-corrected chi connectivity index (χ2v) is 1.90. The van der Waals surface area contributed by atoms with Gasteiger partial charge in [-0.15, -0.1) is 11.6 Å². The summed E-state index contributed by atoms with van der Waals surface area (Å²) in [7, 11) is 0. The lowest BCUT2D eigenvalue weighted by atomic mass is 10.7. The summed E-state index contributed by atoms with van der Waals surface area (Å²) in [5, 5.41) is 5.30.